The van der Waals surface area contributed by atoms with E-state index in [1.165, 1.54) is 12.1 Å². The van der Waals surface area contributed by atoms with Crippen molar-refractivity contribution >= 4 is 16.8 Å². The van der Waals surface area contributed by atoms with E-state index in [1.807, 2.05) is 31.2 Å². The molecule has 0 fully saturated rings. The number of rotatable bonds is 5. The van der Waals surface area contributed by atoms with Gasteiger partial charge in [-0.05, 0) is 36.2 Å². The van der Waals surface area contributed by atoms with Gasteiger partial charge in [-0.1, -0.05) is 24.3 Å². The van der Waals surface area contributed by atoms with Crippen LogP contribution in [-0.4, -0.2) is 15.3 Å². The van der Waals surface area contributed by atoms with Crippen LogP contribution in [0.15, 0.2) is 42.5 Å². The van der Waals surface area contributed by atoms with Gasteiger partial charge in [-0.2, -0.15) is 0 Å². The number of carboxylic acid groups (broad SMARTS) is 1. The first-order chi connectivity index (χ1) is 9.97. The van der Waals surface area contributed by atoms with Crippen LogP contribution >= 0.6 is 0 Å². The van der Waals surface area contributed by atoms with Crippen molar-refractivity contribution in [2.45, 2.75) is 18.4 Å². The van der Waals surface area contributed by atoms with Crippen LogP contribution in [0, 0.1) is 12.7 Å². The van der Waals surface area contributed by atoms with Crippen molar-refractivity contribution in [1.29, 1.82) is 0 Å². The Kier molecular flexibility index (Phi) is 4.85. The van der Waals surface area contributed by atoms with Gasteiger partial charge in [0.15, 0.2) is 0 Å². The Hall–Kier alpha value is -2.01. The predicted molar refractivity (Wildman–Crippen MR) is 80.1 cm³/mol. The Morgan fingerprint density at radius 3 is 2.48 bits per heavy atom. The Morgan fingerprint density at radius 1 is 1.14 bits per heavy atom. The Labute approximate surface area is 124 Å². The van der Waals surface area contributed by atoms with Crippen LogP contribution in [0.5, 0.6) is 0 Å². The highest BCUT2D eigenvalue weighted by atomic mass is 32.2. The first-order valence-corrected chi connectivity index (χ1v) is 7.87. The molecule has 1 atom stereocenters. The van der Waals surface area contributed by atoms with Gasteiger partial charge in [-0.3, -0.25) is 4.21 Å². The molecule has 0 heterocycles. The van der Waals surface area contributed by atoms with Gasteiger partial charge in [0.05, 0.1) is 11.3 Å². The van der Waals surface area contributed by atoms with Gasteiger partial charge in [0.1, 0.15) is 5.82 Å². The topological polar surface area (TPSA) is 54.4 Å². The molecule has 110 valence electrons. The fourth-order valence-electron chi connectivity index (χ4n) is 1.99. The minimum atomic E-state index is -1.30. The SMILES string of the molecule is Cc1ccccc1CS(=O)Cc1cc(C(=O)O)ccc1F. The maximum atomic E-state index is 13.7. The van der Waals surface area contributed by atoms with E-state index in [4.69, 9.17) is 5.11 Å². The van der Waals surface area contributed by atoms with Crippen molar-refractivity contribution in [3.05, 3.63) is 70.5 Å². The van der Waals surface area contributed by atoms with Crippen LogP contribution in [0.2, 0.25) is 0 Å². The third kappa shape index (κ3) is 3.98. The molecule has 21 heavy (non-hydrogen) atoms. The summed E-state index contributed by atoms with van der Waals surface area (Å²) in [6, 6.07) is 11.1. The van der Waals surface area contributed by atoms with Crippen LogP contribution in [0.4, 0.5) is 4.39 Å². The number of carboxylic acids is 1. The van der Waals surface area contributed by atoms with E-state index in [2.05, 4.69) is 0 Å². The summed E-state index contributed by atoms with van der Waals surface area (Å²) in [7, 11) is -1.30. The summed E-state index contributed by atoms with van der Waals surface area (Å²) < 4.78 is 25.8. The monoisotopic (exact) mass is 306 g/mol. The van der Waals surface area contributed by atoms with Crippen molar-refractivity contribution in [2.24, 2.45) is 0 Å². The van der Waals surface area contributed by atoms with E-state index in [0.717, 1.165) is 17.2 Å². The molecule has 0 spiro atoms. The van der Waals surface area contributed by atoms with Gasteiger partial charge in [-0.25, -0.2) is 9.18 Å². The van der Waals surface area contributed by atoms with E-state index in [9.17, 15) is 13.4 Å². The van der Waals surface area contributed by atoms with Crippen molar-refractivity contribution in [3.63, 3.8) is 0 Å². The number of aryl methyl sites for hydroxylation is 1. The number of benzene rings is 2. The van der Waals surface area contributed by atoms with Gasteiger partial charge in [0.2, 0.25) is 0 Å². The summed E-state index contributed by atoms with van der Waals surface area (Å²) in [5.41, 5.74) is 2.15. The van der Waals surface area contributed by atoms with E-state index in [1.54, 1.807) is 0 Å². The summed E-state index contributed by atoms with van der Waals surface area (Å²) in [6.07, 6.45) is 0. The molecule has 0 radical (unpaired) electrons. The lowest BCUT2D eigenvalue weighted by Crippen LogP contribution is -2.05. The molecule has 3 nitrogen and oxygen atoms in total. The lowest BCUT2D eigenvalue weighted by molar-refractivity contribution is 0.0696. The highest BCUT2D eigenvalue weighted by molar-refractivity contribution is 7.83. The minimum absolute atomic E-state index is 0.000656. The molecule has 1 N–H and O–H groups in total. The predicted octanol–water partition coefficient (Wildman–Crippen LogP) is 3.28. The zero-order valence-electron chi connectivity index (χ0n) is 11.5. The second-order valence-electron chi connectivity index (χ2n) is 4.77. The molecule has 0 aliphatic heterocycles. The maximum Gasteiger partial charge on any atom is 0.335 e. The van der Waals surface area contributed by atoms with Crippen LogP contribution in [0.3, 0.4) is 0 Å². The zero-order valence-corrected chi connectivity index (χ0v) is 12.3. The fraction of sp³-hybridized carbons (Fsp3) is 0.188. The molecule has 2 aromatic carbocycles. The van der Waals surface area contributed by atoms with Gasteiger partial charge >= 0.3 is 5.97 Å². The normalized spacial score (nSPS) is 12.1. The summed E-state index contributed by atoms with van der Waals surface area (Å²) in [6.45, 7) is 1.93. The summed E-state index contributed by atoms with van der Waals surface area (Å²) in [5.74, 6) is -1.33. The summed E-state index contributed by atoms with van der Waals surface area (Å²) >= 11 is 0. The second kappa shape index (κ2) is 6.63. The molecule has 0 amide bonds. The van der Waals surface area contributed by atoms with E-state index < -0.39 is 22.6 Å². The molecule has 0 saturated heterocycles. The molecular formula is C16H15FO3S. The number of halogens is 1. The molecule has 0 aliphatic carbocycles. The molecule has 0 bridgehead atoms. The molecular weight excluding hydrogens is 291 g/mol. The number of carbonyl (C=O) groups is 1. The molecule has 2 aromatic rings. The molecule has 0 aromatic heterocycles. The smallest absolute Gasteiger partial charge is 0.335 e. The second-order valence-corrected chi connectivity index (χ2v) is 6.22. The first-order valence-electron chi connectivity index (χ1n) is 6.38. The van der Waals surface area contributed by atoms with Crippen LogP contribution in [0.25, 0.3) is 0 Å². The Morgan fingerprint density at radius 2 is 1.81 bits per heavy atom. The minimum Gasteiger partial charge on any atom is -0.478 e. The van der Waals surface area contributed by atoms with Crippen LogP contribution in [-0.2, 0) is 22.3 Å². The molecule has 5 heteroatoms. The van der Waals surface area contributed by atoms with E-state index in [-0.39, 0.29) is 16.9 Å². The summed E-state index contributed by atoms with van der Waals surface area (Å²) in [5, 5.41) is 8.91. The van der Waals surface area contributed by atoms with E-state index >= 15 is 0 Å². The van der Waals surface area contributed by atoms with Gasteiger partial charge in [0.25, 0.3) is 0 Å². The van der Waals surface area contributed by atoms with Crippen molar-refractivity contribution in [1.82, 2.24) is 0 Å². The highest BCUT2D eigenvalue weighted by Gasteiger charge is 2.12. The van der Waals surface area contributed by atoms with Gasteiger partial charge < -0.3 is 5.11 Å². The van der Waals surface area contributed by atoms with Gasteiger partial charge in [0, 0.05) is 22.1 Å². The number of hydrogen-bond acceptors (Lipinski definition) is 2. The highest BCUT2D eigenvalue weighted by Crippen LogP contribution is 2.16. The maximum absolute atomic E-state index is 13.7. The lowest BCUT2D eigenvalue weighted by Gasteiger charge is -2.07. The largest absolute Gasteiger partial charge is 0.478 e. The van der Waals surface area contributed by atoms with Crippen molar-refractivity contribution in [3.8, 4) is 0 Å². The van der Waals surface area contributed by atoms with Crippen LogP contribution < -0.4 is 0 Å². The molecule has 1 unspecified atom stereocenters. The first kappa shape index (κ1) is 15.4. The average Bonchev–Trinajstić information content (AvgIpc) is 2.43. The van der Waals surface area contributed by atoms with Crippen molar-refractivity contribution in [2.75, 3.05) is 0 Å². The zero-order chi connectivity index (χ0) is 15.4. The Bertz CT molecular complexity index is 698. The Balaban J connectivity index is 2.15. The third-order valence-electron chi connectivity index (χ3n) is 3.19. The quantitative estimate of drug-likeness (QED) is 0.922. The fourth-order valence-corrected chi connectivity index (χ4v) is 3.33. The third-order valence-corrected chi connectivity index (χ3v) is 4.45. The number of hydrogen-bond donors (Lipinski definition) is 1. The number of aromatic carboxylic acids is 1. The molecule has 0 aliphatic rings. The van der Waals surface area contributed by atoms with Crippen molar-refractivity contribution < 1.29 is 18.5 Å². The van der Waals surface area contributed by atoms with Gasteiger partial charge in [-0.15, -0.1) is 0 Å². The van der Waals surface area contributed by atoms with Crippen LogP contribution in [0.1, 0.15) is 27.0 Å². The average molecular weight is 306 g/mol. The molecule has 0 saturated carbocycles. The lowest BCUT2D eigenvalue weighted by atomic mass is 10.1. The molecule has 2 rings (SSSR count). The standard InChI is InChI=1S/C16H15FO3S/c1-11-4-2-3-5-13(11)9-21(20)10-14-8-12(16(18)19)6-7-15(14)17/h2-8H,9-10H2,1H3,(H,18,19). The van der Waals surface area contributed by atoms with E-state index in [0.29, 0.717) is 5.75 Å². The summed E-state index contributed by atoms with van der Waals surface area (Å²) in [4.78, 5) is 10.9.